The van der Waals surface area contributed by atoms with Crippen molar-refractivity contribution in [2.45, 2.75) is 24.3 Å². The topological polar surface area (TPSA) is 55.4 Å². The molecule has 0 aliphatic carbocycles. The molecule has 0 amide bonds. The minimum absolute atomic E-state index is 0.0168. The smallest absolute Gasteiger partial charge is 0.307 e. The summed E-state index contributed by atoms with van der Waals surface area (Å²) in [6.07, 6.45) is 0.0943. The van der Waals surface area contributed by atoms with Crippen LogP contribution in [-0.4, -0.2) is 24.4 Å². The third-order valence-electron chi connectivity index (χ3n) is 2.16. The van der Waals surface area contributed by atoms with Crippen LogP contribution < -0.4 is 4.72 Å². The fourth-order valence-corrected chi connectivity index (χ4v) is 3.35. The second kappa shape index (κ2) is 4.99. The van der Waals surface area contributed by atoms with Crippen molar-refractivity contribution < 1.29 is 14.3 Å². The van der Waals surface area contributed by atoms with Crippen molar-refractivity contribution in [2.24, 2.45) is 0 Å². The molecule has 1 atom stereocenters. The highest BCUT2D eigenvalue weighted by atomic mass is 32.2. The molecule has 1 aliphatic rings. The highest BCUT2D eigenvalue weighted by molar-refractivity contribution is 7.97. The molecule has 0 aromatic carbocycles. The molecule has 1 aromatic rings. The molecule has 86 valence electrons. The summed E-state index contributed by atoms with van der Waals surface area (Å²) in [5.74, 6) is -0.356. The third kappa shape index (κ3) is 2.28. The van der Waals surface area contributed by atoms with Crippen molar-refractivity contribution in [1.82, 2.24) is 4.72 Å². The first-order chi connectivity index (χ1) is 7.72. The first kappa shape index (κ1) is 11.6. The Morgan fingerprint density at radius 3 is 3.19 bits per heavy atom. The molecule has 2 heterocycles. The van der Waals surface area contributed by atoms with Gasteiger partial charge < -0.3 is 4.74 Å². The van der Waals surface area contributed by atoms with Gasteiger partial charge >= 0.3 is 5.97 Å². The summed E-state index contributed by atoms with van der Waals surface area (Å²) in [6.45, 7) is 2.09. The number of hydrogen-bond acceptors (Lipinski definition) is 6. The fourth-order valence-electron chi connectivity index (χ4n) is 1.42. The summed E-state index contributed by atoms with van der Waals surface area (Å²) < 4.78 is 7.80. The Balaban J connectivity index is 2.04. The van der Waals surface area contributed by atoms with Crippen LogP contribution in [0, 0.1) is 0 Å². The minimum Gasteiger partial charge on any atom is -0.466 e. The number of thiophene rings is 1. The van der Waals surface area contributed by atoms with Crippen LogP contribution in [0.1, 0.15) is 23.0 Å². The molecule has 0 saturated heterocycles. The van der Waals surface area contributed by atoms with Gasteiger partial charge in [-0.05, 0) is 30.3 Å². The van der Waals surface area contributed by atoms with E-state index in [1.54, 1.807) is 6.92 Å². The van der Waals surface area contributed by atoms with Crippen LogP contribution in [-0.2, 0) is 9.53 Å². The Hall–Kier alpha value is -0.850. The third-order valence-corrected chi connectivity index (χ3v) is 4.18. The van der Waals surface area contributed by atoms with Crippen LogP contribution in [0.15, 0.2) is 16.3 Å². The maximum absolute atomic E-state index is 11.9. The van der Waals surface area contributed by atoms with Gasteiger partial charge in [0.25, 0.3) is 0 Å². The molecule has 0 radical (unpaired) electrons. The molecule has 1 aliphatic heterocycles. The summed E-state index contributed by atoms with van der Waals surface area (Å²) in [5.41, 5.74) is 0. The molecule has 0 bridgehead atoms. The Bertz CT molecular complexity index is 416. The van der Waals surface area contributed by atoms with Crippen LogP contribution in [0.4, 0.5) is 0 Å². The number of Topliss-reactive ketones (excluding diaryl/α,β-unsaturated/α-hetero) is 1. The van der Waals surface area contributed by atoms with Crippen molar-refractivity contribution in [3.8, 4) is 0 Å². The molecule has 0 fully saturated rings. The first-order valence-electron chi connectivity index (χ1n) is 4.92. The van der Waals surface area contributed by atoms with Gasteiger partial charge in [0.1, 0.15) is 0 Å². The van der Waals surface area contributed by atoms with Crippen molar-refractivity contribution >= 4 is 35.0 Å². The normalized spacial score (nSPS) is 19.3. The predicted octanol–water partition coefficient (Wildman–Crippen LogP) is 1.86. The Labute approximate surface area is 102 Å². The van der Waals surface area contributed by atoms with Crippen molar-refractivity contribution in [3.63, 3.8) is 0 Å². The molecular formula is C10H11NO3S2. The molecular weight excluding hydrogens is 246 g/mol. The number of rotatable bonds is 3. The molecule has 16 heavy (non-hydrogen) atoms. The van der Waals surface area contributed by atoms with Gasteiger partial charge in [-0.3, -0.25) is 9.59 Å². The maximum atomic E-state index is 11.9. The van der Waals surface area contributed by atoms with Crippen LogP contribution in [0.3, 0.4) is 0 Å². The van der Waals surface area contributed by atoms with E-state index in [0.717, 1.165) is 9.77 Å². The summed E-state index contributed by atoms with van der Waals surface area (Å²) in [7, 11) is 0. The minimum atomic E-state index is -0.463. The highest BCUT2D eigenvalue weighted by Crippen LogP contribution is 2.32. The number of ketones is 1. The summed E-state index contributed by atoms with van der Waals surface area (Å²) in [6, 6.07) is 1.44. The Morgan fingerprint density at radius 1 is 1.62 bits per heavy atom. The molecule has 2 rings (SSSR count). The van der Waals surface area contributed by atoms with Gasteiger partial charge in [0.15, 0.2) is 5.78 Å². The number of ether oxygens (including phenoxy) is 1. The van der Waals surface area contributed by atoms with Gasteiger partial charge in [-0.15, -0.1) is 11.3 Å². The lowest BCUT2D eigenvalue weighted by atomic mass is 10.1. The van der Waals surface area contributed by atoms with Crippen molar-refractivity contribution in [3.05, 3.63) is 16.3 Å². The van der Waals surface area contributed by atoms with Crippen LogP contribution in [0.2, 0.25) is 0 Å². The van der Waals surface area contributed by atoms with E-state index in [-0.39, 0.29) is 18.2 Å². The fraction of sp³-hybridized carbons (Fsp3) is 0.400. The zero-order chi connectivity index (χ0) is 11.5. The summed E-state index contributed by atoms with van der Waals surface area (Å²) in [4.78, 5) is 24.9. The number of nitrogens with one attached hydrogen (secondary N) is 1. The number of carbonyl (C=O) groups is 2. The van der Waals surface area contributed by atoms with Gasteiger partial charge in [-0.1, -0.05) is 0 Å². The lowest BCUT2D eigenvalue weighted by molar-refractivity contribution is -0.143. The van der Waals surface area contributed by atoms with E-state index in [0.29, 0.717) is 6.61 Å². The van der Waals surface area contributed by atoms with Crippen molar-refractivity contribution in [1.29, 1.82) is 0 Å². The highest BCUT2D eigenvalue weighted by Gasteiger charge is 2.30. The zero-order valence-corrected chi connectivity index (χ0v) is 10.3. The Kier molecular flexibility index (Phi) is 3.63. The average Bonchev–Trinajstić information content (AvgIpc) is 2.71. The molecule has 6 heteroatoms. The van der Waals surface area contributed by atoms with Gasteiger partial charge in [-0.25, -0.2) is 4.72 Å². The summed E-state index contributed by atoms with van der Waals surface area (Å²) >= 11 is 2.81. The molecule has 4 nitrogen and oxygen atoms in total. The quantitative estimate of drug-likeness (QED) is 0.661. The second-order valence-electron chi connectivity index (χ2n) is 3.26. The molecule has 0 saturated carbocycles. The monoisotopic (exact) mass is 257 g/mol. The van der Waals surface area contributed by atoms with E-state index in [9.17, 15) is 9.59 Å². The van der Waals surface area contributed by atoms with E-state index >= 15 is 0 Å². The number of carbonyl (C=O) groups excluding carboxylic acids is 2. The van der Waals surface area contributed by atoms with E-state index in [2.05, 4.69) is 4.72 Å². The molecule has 1 unspecified atom stereocenters. The first-order valence-corrected chi connectivity index (χ1v) is 6.61. The van der Waals surface area contributed by atoms with Crippen molar-refractivity contribution in [2.75, 3.05) is 6.61 Å². The Morgan fingerprint density at radius 2 is 2.44 bits per heavy atom. The lowest BCUT2D eigenvalue weighted by Gasteiger charge is -2.20. The lowest BCUT2D eigenvalue weighted by Crippen LogP contribution is -2.37. The van der Waals surface area contributed by atoms with Crippen LogP contribution in [0.25, 0.3) is 0 Å². The van der Waals surface area contributed by atoms with E-state index in [1.807, 2.05) is 11.4 Å². The summed E-state index contributed by atoms with van der Waals surface area (Å²) in [5, 5.41) is 1.88. The predicted molar refractivity (Wildman–Crippen MR) is 62.7 cm³/mol. The average molecular weight is 257 g/mol. The number of hydrogen-bond donors (Lipinski definition) is 1. The van der Waals surface area contributed by atoms with E-state index < -0.39 is 6.04 Å². The van der Waals surface area contributed by atoms with Gasteiger partial charge in [0.05, 0.1) is 23.9 Å². The van der Waals surface area contributed by atoms with Gasteiger partial charge in [0.2, 0.25) is 0 Å². The van der Waals surface area contributed by atoms with Gasteiger partial charge in [0, 0.05) is 4.90 Å². The van der Waals surface area contributed by atoms with Crippen LogP contribution in [0.5, 0.6) is 0 Å². The van der Waals surface area contributed by atoms with Gasteiger partial charge in [-0.2, -0.15) is 0 Å². The largest absolute Gasteiger partial charge is 0.466 e. The number of fused-ring (bicyclic) bond motifs is 1. The maximum Gasteiger partial charge on any atom is 0.307 e. The molecule has 1 N–H and O–H groups in total. The molecule has 1 aromatic heterocycles. The second-order valence-corrected chi connectivity index (χ2v) is 5.06. The van der Waals surface area contributed by atoms with E-state index in [1.165, 1.54) is 23.3 Å². The number of esters is 1. The standard InChI is InChI=1S/C10H11NO3S2/c1-2-14-8(12)5-6-9(13)10-7(16-11-6)3-4-15-10/h3-4,6,11H,2,5H2,1H3. The zero-order valence-electron chi connectivity index (χ0n) is 8.69. The van der Waals surface area contributed by atoms with Crippen LogP contribution >= 0.6 is 23.3 Å². The SMILES string of the molecule is CCOC(=O)CC1NSc2ccsc2C1=O. The van der Waals surface area contributed by atoms with E-state index in [4.69, 9.17) is 4.74 Å². The molecule has 0 spiro atoms.